The van der Waals surface area contributed by atoms with E-state index in [1.807, 2.05) is 6.07 Å². The Bertz CT molecular complexity index is 585. The monoisotopic (exact) mass is 344 g/mol. The van der Waals surface area contributed by atoms with E-state index in [9.17, 15) is 0 Å². The number of rotatable bonds is 4. The SMILES string of the molecule is C[C@H](Cc1cccs1)NC(=S)Nc1ccc(Cl)c(Cl)c1. The van der Waals surface area contributed by atoms with E-state index in [0.717, 1.165) is 12.1 Å². The minimum atomic E-state index is 0.261. The lowest BCUT2D eigenvalue weighted by atomic mass is 10.2. The minimum absolute atomic E-state index is 0.261. The van der Waals surface area contributed by atoms with Crippen LogP contribution in [0.4, 0.5) is 5.69 Å². The van der Waals surface area contributed by atoms with Gasteiger partial charge in [0.05, 0.1) is 10.0 Å². The van der Waals surface area contributed by atoms with Crippen molar-refractivity contribution in [3.05, 3.63) is 50.6 Å². The molecule has 1 aromatic heterocycles. The van der Waals surface area contributed by atoms with E-state index in [1.54, 1.807) is 23.5 Å². The molecule has 0 spiro atoms. The van der Waals surface area contributed by atoms with Crippen molar-refractivity contribution in [2.75, 3.05) is 5.32 Å². The van der Waals surface area contributed by atoms with Crippen LogP contribution >= 0.6 is 46.8 Å². The Labute approximate surface area is 138 Å². The van der Waals surface area contributed by atoms with Gasteiger partial charge in [0, 0.05) is 23.0 Å². The van der Waals surface area contributed by atoms with E-state index in [2.05, 4.69) is 35.1 Å². The molecule has 0 radical (unpaired) electrons. The molecule has 2 N–H and O–H groups in total. The summed E-state index contributed by atoms with van der Waals surface area (Å²) in [6.07, 6.45) is 0.945. The van der Waals surface area contributed by atoms with E-state index in [4.69, 9.17) is 35.4 Å². The molecule has 2 nitrogen and oxygen atoms in total. The van der Waals surface area contributed by atoms with E-state index in [0.29, 0.717) is 15.2 Å². The van der Waals surface area contributed by atoms with E-state index in [1.165, 1.54) is 4.88 Å². The fraction of sp³-hybridized carbons (Fsp3) is 0.214. The maximum absolute atomic E-state index is 5.96. The molecule has 0 saturated carbocycles. The van der Waals surface area contributed by atoms with E-state index in [-0.39, 0.29) is 6.04 Å². The molecule has 0 fully saturated rings. The zero-order valence-electron chi connectivity index (χ0n) is 10.8. The summed E-state index contributed by atoms with van der Waals surface area (Å²) in [5.74, 6) is 0. The molecule has 1 atom stereocenters. The van der Waals surface area contributed by atoms with Crippen molar-refractivity contribution >= 4 is 57.6 Å². The third kappa shape index (κ3) is 4.63. The molecule has 0 saturated heterocycles. The predicted molar refractivity (Wildman–Crippen MR) is 93.3 cm³/mol. The smallest absolute Gasteiger partial charge is 0.170 e. The van der Waals surface area contributed by atoms with Gasteiger partial charge >= 0.3 is 0 Å². The molecule has 20 heavy (non-hydrogen) atoms. The number of nitrogens with one attached hydrogen (secondary N) is 2. The van der Waals surface area contributed by atoms with Gasteiger partial charge in [0.25, 0.3) is 0 Å². The number of halogens is 2. The second-order valence-corrected chi connectivity index (χ2v) is 6.67. The topological polar surface area (TPSA) is 24.1 Å². The normalized spacial score (nSPS) is 11.9. The number of hydrogen-bond acceptors (Lipinski definition) is 2. The Morgan fingerprint density at radius 1 is 1.30 bits per heavy atom. The van der Waals surface area contributed by atoms with Crippen LogP contribution in [-0.2, 0) is 6.42 Å². The van der Waals surface area contributed by atoms with Crippen molar-refractivity contribution in [1.29, 1.82) is 0 Å². The molecule has 0 aliphatic rings. The van der Waals surface area contributed by atoms with Crippen LogP contribution in [0.3, 0.4) is 0 Å². The predicted octanol–water partition coefficient (Wildman–Crippen LogP) is 4.97. The Morgan fingerprint density at radius 2 is 2.10 bits per heavy atom. The molecule has 1 aromatic carbocycles. The summed E-state index contributed by atoms with van der Waals surface area (Å²) in [6.45, 7) is 2.10. The fourth-order valence-electron chi connectivity index (χ4n) is 1.75. The standard InChI is InChI=1S/C14H14Cl2N2S2/c1-9(7-11-3-2-6-20-11)17-14(19)18-10-4-5-12(15)13(16)8-10/h2-6,8-9H,7H2,1H3,(H2,17,18,19)/t9-/m1/s1. The van der Waals surface area contributed by atoms with Crippen LogP contribution in [0.2, 0.25) is 10.0 Å². The number of benzene rings is 1. The molecule has 0 aliphatic heterocycles. The number of thiocarbonyl (C=S) groups is 1. The quantitative estimate of drug-likeness (QED) is 0.765. The highest BCUT2D eigenvalue weighted by molar-refractivity contribution is 7.80. The molecule has 6 heteroatoms. The van der Waals surface area contributed by atoms with Crippen molar-refractivity contribution in [3.63, 3.8) is 0 Å². The fourth-order valence-corrected chi connectivity index (χ4v) is 3.20. The molecular formula is C14H14Cl2N2S2. The van der Waals surface area contributed by atoms with Gasteiger partial charge < -0.3 is 10.6 Å². The molecule has 2 rings (SSSR count). The van der Waals surface area contributed by atoms with Gasteiger partial charge in [0.2, 0.25) is 0 Å². The van der Waals surface area contributed by atoms with Crippen LogP contribution in [-0.4, -0.2) is 11.2 Å². The third-order valence-electron chi connectivity index (χ3n) is 2.64. The second-order valence-electron chi connectivity index (χ2n) is 4.41. The first-order chi connectivity index (χ1) is 9.54. The minimum Gasteiger partial charge on any atom is -0.360 e. The third-order valence-corrected chi connectivity index (χ3v) is 4.50. The summed E-state index contributed by atoms with van der Waals surface area (Å²) in [5.41, 5.74) is 0.820. The van der Waals surface area contributed by atoms with Gasteiger partial charge in [-0.2, -0.15) is 0 Å². The molecule has 0 bridgehead atoms. The summed E-state index contributed by atoms with van der Waals surface area (Å²) in [6, 6.07) is 9.77. The molecule has 2 aromatic rings. The van der Waals surface area contributed by atoms with Gasteiger partial charge in [-0.05, 0) is 48.8 Å². The Morgan fingerprint density at radius 3 is 2.75 bits per heavy atom. The molecule has 106 valence electrons. The number of thiophene rings is 1. The Balaban J connectivity index is 1.87. The molecular weight excluding hydrogens is 331 g/mol. The van der Waals surface area contributed by atoms with Crippen LogP contribution < -0.4 is 10.6 Å². The summed E-state index contributed by atoms with van der Waals surface area (Å²) >= 11 is 18.9. The van der Waals surface area contributed by atoms with Crippen LogP contribution in [0.15, 0.2) is 35.7 Å². The highest BCUT2D eigenvalue weighted by Gasteiger charge is 2.07. The van der Waals surface area contributed by atoms with Crippen molar-refractivity contribution in [2.45, 2.75) is 19.4 Å². The average Bonchev–Trinajstić information content (AvgIpc) is 2.86. The lowest BCUT2D eigenvalue weighted by molar-refractivity contribution is 0.670. The van der Waals surface area contributed by atoms with Gasteiger partial charge in [0.15, 0.2) is 5.11 Å². The first-order valence-electron chi connectivity index (χ1n) is 6.09. The molecule has 0 amide bonds. The van der Waals surface area contributed by atoms with Crippen molar-refractivity contribution in [2.24, 2.45) is 0 Å². The largest absolute Gasteiger partial charge is 0.360 e. The first-order valence-corrected chi connectivity index (χ1v) is 8.14. The number of anilines is 1. The summed E-state index contributed by atoms with van der Waals surface area (Å²) in [5, 5.41) is 10.0. The van der Waals surface area contributed by atoms with Crippen LogP contribution in [0.5, 0.6) is 0 Å². The molecule has 1 heterocycles. The summed E-state index contributed by atoms with van der Waals surface area (Å²) in [4.78, 5) is 1.34. The Hall–Kier alpha value is -0.810. The average molecular weight is 345 g/mol. The van der Waals surface area contributed by atoms with E-state index >= 15 is 0 Å². The highest BCUT2D eigenvalue weighted by Crippen LogP contribution is 2.24. The summed E-state index contributed by atoms with van der Waals surface area (Å²) in [7, 11) is 0. The zero-order valence-corrected chi connectivity index (χ0v) is 14.0. The van der Waals surface area contributed by atoms with Gasteiger partial charge in [0.1, 0.15) is 0 Å². The first kappa shape index (κ1) is 15.6. The summed E-state index contributed by atoms with van der Waals surface area (Å²) < 4.78 is 0. The zero-order chi connectivity index (χ0) is 14.5. The van der Waals surface area contributed by atoms with Gasteiger partial charge in [-0.25, -0.2) is 0 Å². The maximum Gasteiger partial charge on any atom is 0.170 e. The van der Waals surface area contributed by atoms with Gasteiger partial charge in [-0.3, -0.25) is 0 Å². The van der Waals surface area contributed by atoms with Gasteiger partial charge in [-0.15, -0.1) is 11.3 Å². The van der Waals surface area contributed by atoms with Crippen LogP contribution in [0.1, 0.15) is 11.8 Å². The van der Waals surface area contributed by atoms with Crippen molar-refractivity contribution in [1.82, 2.24) is 5.32 Å². The van der Waals surface area contributed by atoms with Crippen molar-refractivity contribution < 1.29 is 0 Å². The van der Waals surface area contributed by atoms with E-state index < -0.39 is 0 Å². The lowest BCUT2D eigenvalue weighted by Gasteiger charge is -2.16. The number of hydrogen-bond donors (Lipinski definition) is 2. The van der Waals surface area contributed by atoms with Crippen molar-refractivity contribution in [3.8, 4) is 0 Å². The van der Waals surface area contributed by atoms with Gasteiger partial charge in [-0.1, -0.05) is 29.3 Å². The van der Waals surface area contributed by atoms with Crippen LogP contribution in [0.25, 0.3) is 0 Å². The maximum atomic E-state index is 5.96. The highest BCUT2D eigenvalue weighted by atomic mass is 35.5. The molecule has 0 unspecified atom stereocenters. The molecule has 0 aliphatic carbocycles. The Kier molecular flexibility index (Phi) is 5.66. The second kappa shape index (κ2) is 7.27. The van der Waals surface area contributed by atoms with Crippen LogP contribution in [0, 0.1) is 0 Å². The lowest BCUT2D eigenvalue weighted by Crippen LogP contribution is -2.36.